The van der Waals surface area contributed by atoms with Crippen molar-refractivity contribution in [3.05, 3.63) is 65.2 Å². The number of anilines is 1. The van der Waals surface area contributed by atoms with Gasteiger partial charge in [0.15, 0.2) is 6.54 Å². The molecule has 2 aromatic carbocycles. The van der Waals surface area contributed by atoms with Crippen LogP contribution in [0.3, 0.4) is 0 Å². The van der Waals surface area contributed by atoms with Crippen molar-refractivity contribution in [2.24, 2.45) is 0 Å². The summed E-state index contributed by atoms with van der Waals surface area (Å²) in [5.41, 5.74) is 3.70. The Hall–Kier alpha value is -1.65. The van der Waals surface area contributed by atoms with Gasteiger partial charge in [0, 0.05) is 12.0 Å². The van der Waals surface area contributed by atoms with Gasteiger partial charge in [-0.25, -0.2) is 9.48 Å². The Bertz CT molecular complexity index is 800. The molecule has 1 N–H and O–H groups in total. The Morgan fingerprint density at radius 2 is 1.76 bits per heavy atom. The van der Waals surface area contributed by atoms with E-state index in [0.717, 1.165) is 24.9 Å². The second-order valence-corrected chi connectivity index (χ2v) is 7.13. The summed E-state index contributed by atoms with van der Waals surface area (Å²) < 4.78 is 2.23. The van der Waals surface area contributed by atoms with Crippen LogP contribution in [0.1, 0.15) is 36.0 Å². The van der Waals surface area contributed by atoms with Crippen LogP contribution in [0.2, 0.25) is 0 Å². The summed E-state index contributed by atoms with van der Waals surface area (Å²) in [4.78, 5) is 2.31. The van der Waals surface area contributed by atoms with Crippen LogP contribution in [0.4, 0.5) is 5.69 Å². The molecule has 0 aromatic heterocycles. The Balaban J connectivity index is 0.00000182. The fourth-order valence-electron chi connectivity index (χ4n) is 4.00. The predicted octanol–water partition coefficient (Wildman–Crippen LogP) is 0.568. The minimum atomic E-state index is -0.937. The molecule has 2 aromatic rings. The fraction of sp³-hybridized carbons (Fsp3) is 0.381. The van der Waals surface area contributed by atoms with Gasteiger partial charge in [-0.05, 0) is 44.4 Å². The van der Waals surface area contributed by atoms with Gasteiger partial charge in [0.2, 0.25) is 0 Å². The van der Waals surface area contributed by atoms with E-state index in [-0.39, 0.29) is 17.0 Å². The van der Waals surface area contributed by atoms with E-state index in [1.165, 1.54) is 29.1 Å². The quantitative estimate of drug-likeness (QED) is 0.745. The normalized spacial score (nSPS) is 22.6. The summed E-state index contributed by atoms with van der Waals surface area (Å²) in [6.45, 7) is 5.71. The maximum atomic E-state index is 11.6. The molecule has 0 radical (unpaired) electrons. The Kier molecular flexibility index (Phi) is 5.03. The van der Waals surface area contributed by atoms with E-state index >= 15 is 0 Å². The monoisotopic (exact) mass is 400 g/mol. The Morgan fingerprint density at radius 1 is 1.00 bits per heavy atom. The molecule has 132 valence electrons. The Morgan fingerprint density at radius 3 is 2.48 bits per heavy atom. The number of halogens is 1. The first kappa shape index (κ1) is 18.2. The number of nitrogens with zero attached hydrogens (tertiary/aromatic N) is 2. The lowest BCUT2D eigenvalue weighted by Gasteiger charge is -2.24. The maximum absolute atomic E-state index is 11.6. The third-order valence-corrected chi connectivity index (χ3v) is 5.31. The highest BCUT2D eigenvalue weighted by molar-refractivity contribution is 5.96. The molecule has 0 spiro atoms. The second kappa shape index (κ2) is 6.93. The van der Waals surface area contributed by atoms with Crippen LogP contribution >= 0.6 is 0 Å². The summed E-state index contributed by atoms with van der Waals surface area (Å²) in [5, 5.41) is 11.6. The van der Waals surface area contributed by atoms with Gasteiger partial charge < -0.3 is 22.1 Å². The SMILES string of the molecule is Cc1ccc(C2(O)CN(c3cccc(C)c3)C3=[N+]2CCCC3)cc1.[Br-]. The van der Waals surface area contributed by atoms with Crippen molar-refractivity contribution < 1.29 is 26.7 Å². The van der Waals surface area contributed by atoms with Crippen molar-refractivity contribution >= 4 is 11.5 Å². The number of amidine groups is 1. The summed E-state index contributed by atoms with van der Waals surface area (Å²) in [6.07, 6.45) is 3.36. The highest BCUT2D eigenvalue weighted by Gasteiger charge is 2.52. The van der Waals surface area contributed by atoms with Gasteiger partial charge in [0.1, 0.15) is 5.69 Å². The smallest absolute Gasteiger partial charge is 0.271 e. The molecule has 0 amide bonds. The molecule has 2 aliphatic heterocycles. The van der Waals surface area contributed by atoms with Crippen molar-refractivity contribution in [1.82, 2.24) is 0 Å². The first-order valence-corrected chi connectivity index (χ1v) is 8.85. The van der Waals surface area contributed by atoms with Gasteiger partial charge in [-0.15, -0.1) is 0 Å². The number of hydrogen-bond donors (Lipinski definition) is 1. The molecule has 25 heavy (non-hydrogen) atoms. The lowest BCUT2D eigenvalue weighted by molar-refractivity contribution is -0.661. The summed E-state index contributed by atoms with van der Waals surface area (Å²) in [7, 11) is 0. The number of aliphatic hydroxyl groups is 1. The van der Waals surface area contributed by atoms with Gasteiger partial charge >= 0.3 is 0 Å². The molecule has 2 heterocycles. The minimum Gasteiger partial charge on any atom is -1.00 e. The molecule has 1 unspecified atom stereocenters. The standard InChI is InChI=1S/C21H25N2O.BrH/c1-16-9-11-18(12-10-16)21(24)15-22(19-7-5-6-17(2)14-19)20-8-3-4-13-23(20)21;/h5-7,9-12,14,24H,3-4,8,13,15H2,1-2H3;1H/q+1;/p-1. The van der Waals surface area contributed by atoms with Crippen LogP contribution in [0.5, 0.6) is 0 Å². The van der Waals surface area contributed by atoms with Gasteiger partial charge in [0.05, 0.1) is 6.54 Å². The average molecular weight is 401 g/mol. The molecule has 4 rings (SSSR count). The number of β-amino-alcohol motifs (C(OH)–C–C–N with tert-alkyl or cyclic N) is 1. The molecule has 2 aliphatic rings. The lowest BCUT2D eigenvalue weighted by Crippen LogP contribution is -3.00. The number of aryl methyl sites for hydroxylation is 2. The van der Waals surface area contributed by atoms with E-state index in [0.29, 0.717) is 6.54 Å². The van der Waals surface area contributed by atoms with Crippen LogP contribution in [0, 0.1) is 13.8 Å². The number of benzene rings is 2. The molecular weight excluding hydrogens is 376 g/mol. The van der Waals surface area contributed by atoms with E-state index in [9.17, 15) is 5.11 Å². The fourth-order valence-corrected chi connectivity index (χ4v) is 4.00. The molecule has 4 heteroatoms. The number of rotatable bonds is 2. The van der Waals surface area contributed by atoms with Crippen LogP contribution < -0.4 is 21.9 Å². The van der Waals surface area contributed by atoms with Crippen LogP contribution in [0.15, 0.2) is 48.5 Å². The summed E-state index contributed by atoms with van der Waals surface area (Å²) in [6, 6.07) is 16.9. The first-order valence-electron chi connectivity index (χ1n) is 8.85. The lowest BCUT2D eigenvalue weighted by atomic mass is 10.0. The van der Waals surface area contributed by atoms with Crippen molar-refractivity contribution in [2.45, 2.75) is 38.8 Å². The van der Waals surface area contributed by atoms with Crippen molar-refractivity contribution in [1.29, 1.82) is 0 Å². The summed E-state index contributed by atoms with van der Waals surface area (Å²) in [5.74, 6) is 1.26. The third kappa shape index (κ3) is 3.13. The van der Waals surface area contributed by atoms with Crippen LogP contribution in [-0.2, 0) is 5.72 Å². The minimum absolute atomic E-state index is 0. The van der Waals surface area contributed by atoms with Crippen molar-refractivity contribution in [2.75, 3.05) is 18.0 Å². The highest BCUT2D eigenvalue weighted by atomic mass is 79.9. The van der Waals surface area contributed by atoms with E-state index in [1.807, 2.05) is 0 Å². The zero-order chi connectivity index (χ0) is 16.7. The van der Waals surface area contributed by atoms with Crippen molar-refractivity contribution in [3.63, 3.8) is 0 Å². The molecule has 1 atom stereocenters. The predicted molar refractivity (Wildman–Crippen MR) is 97.6 cm³/mol. The van der Waals surface area contributed by atoms with E-state index < -0.39 is 5.72 Å². The van der Waals surface area contributed by atoms with E-state index in [2.05, 4.69) is 71.9 Å². The molecular formula is C21H25BrN2O. The molecule has 0 fully saturated rings. The molecule has 3 nitrogen and oxygen atoms in total. The molecule has 0 bridgehead atoms. The van der Waals surface area contributed by atoms with Crippen molar-refractivity contribution in [3.8, 4) is 0 Å². The zero-order valence-corrected chi connectivity index (χ0v) is 16.5. The van der Waals surface area contributed by atoms with Gasteiger partial charge in [-0.3, -0.25) is 0 Å². The first-order chi connectivity index (χ1) is 11.6. The maximum Gasteiger partial charge on any atom is 0.271 e. The van der Waals surface area contributed by atoms with Gasteiger partial charge in [0.25, 0.3) is 11.6 Å². The Labute approximate surface area is 160 Å². The van der Waals surface area contributed by atoms with Gasteiger partial charge in [-0.1, -0.05) is 42.0 Å². The summed E-state index contributed by atoms with van der Waals surface area (Å²) >= 11 is 0. The van der Waals surface area contributed by atoms with Crippen LogP contribution in [0.25, 0.3) is 0 Å². The molecule has 0 saturated heterocycles. The molecule has 0 aliphatic carbocycles. The third-order valence-electron chi connectivity index (χ3n) is 5.31. The largest absolute Gasteiger partial charge is 1.00 e. The second-order valence-electron chi connectivity index (χ2n) is 7.13. The van der Waals surface area contributed by atoms with E-state index in [4.69, 9.17) is 0 Å². The molecule has 0 saturated carbocycles. The van der Waals surface area contributed by atoms with Crippen LogP contribution in [-0.4, -0.2) is 28.6 Å². The topological polar surface area (TPSA) is 26.5 Å². The van der Waals surface area contributed by atoms with Gasteiger partial charge in [-0.2, -0.15) is 0 Å². The van der Waals surface area contributed by atoms with E-state index in [1.54, 1.807) is 0 Å². The average Bonchev–Trinajstić information content (AvgIpc) is 2.90. The number of hydrogen-bond acceptors (Lipinski definition) is 2. The highest BCUT2D eigenvalue weighted by Crippen LogP contribution is 2.35. The zero-order valence-electron chi connectivity index (χ0n) is 14.9.